The van der Waals surface area contributed by atoms with Crippen LogP contribution in [0.4, 0.5) is 0 Å². The Morgan fingerprint density at radius 1 is 1.12 bits per heavy atom. The van der Waals surface area contributed by atoms with E-state index in [0.29, 0.717) is 0 Å². The SMILES string of the molecule is CC[N+](CC)=c1oc(-c2ccccc2)cs1. The maximum Gasteiger partial charge on any atom is 0.430 e. The van der Waals surface area contributed by atoms with Gasteiger partial charge in [-0.25, -0.2) is 0 Å². The van der Waals surface area contributed by atoms with Gasteiger partial charge in [-0.15, -0.1) is 0 Å². The number of hydrogen-bond donors (Lipinski definition) is 0. The van der Waals surface area contributed by atoms with Gasteiger partial charge in [0.1, 0.15) is 13.1 Å². The molecule has 0 aliphatic carbocycles. The number of rotatable bonds is 3. The van der Waals surface area contributed by atoms with Gasteiger partial charge in [-0.3, -0.25) is 0 Å². The van der Waals surface area contributed by atoms with Crippen molar-refractivity contribution in [3.63, 3.8) is 0 Å². The lowest BCUT2D eigenvalue weighted by molar-refractivity contribution is 0.460. The predicted octanol–water partition coefficient (Wildman–Crippen LogP) is 2.82. The van der Waals surface area contributed by atoms with Gasteiger partial charge in [0, 0.05) is 10.9 Å². The van der Waals surface area contributed by atoms with E-state index in [9.17, 15) is 0 Å². The first kappa shape index (κ1) is 11.1. The van der Waals surface area contributed by atoms with E-state index in [2.05, 4.69) is 35.9 Å². The van der Waals surface area contributed by atoms with Crippen LogP contribution < -0.4 is 9.44 Å². The fourth-order valence-electron chi connectivity index (χ4n) is 1.60. The van der Waals surface area contributed by atoms with Gasteiger partial charge < -0.3 is 4.42 Å². The summed E-state index contributed by atoms with van der Waals surface area (Å²) in [5, 5.41) is 2.07. The van der Waals surface area contributed by atoms with Crippen molar-refractivity contribution in [2.24, 2.45) is 0 Å². The summed E-state index contributed by atoms with van der Waals surface area (Å²) in [5.41, 5.74) is 1.14. The van der Waals surface area contributed by atoms with Gasteiger partial charge in [0.15, 0.2) is 5.76 Å². The average molecular weight is 234 g/mol. The smallest absolute Gasteiger partial charge is 0.396 e. The van der Waals surface area contributed by atoms with Crippen LogP contribution in [0.5, 0.6) is 0 Å². The molecule has 0 spiro atoms. The van der Waals surface area contributed by atoms with Crippen LogP contribution in [-0.2, 0) is 0 Å². The Balaban J connectivity index is 2.44. The normalized spacial score (nSPS) is 10.4. The molecule has 0 amide bonds. The van der Waals surface area contributed by atoms with Crippen molar-refractivity contribution in [1.82, 2.24) is 4.58 Å². The second-order valence-corrected chi connectivity index (χ2v) is 4.33. The van der Waals surface area contributed by atoms with Gasteiger partial charge in [-0.05, 0) is 25.2 Å². The number of nitrogens with zero attached hydrogens (tertiary/aromatic N) is 1. The summed E-state index contributed by atoms with van der Waals surface area (Å²) in [4.78, 5) is 0.990. The highest BCUT2D eigenvalue weighted by Crippen LogP contribution is 2.18. The van der Waals surface area contributed by atoms with E-state index in [0.717, 1.165) is 29.3 Å². The number of hydrogen-bond acceptors (Lipinski definition) is 2. The second kappa shape index (κ2) is 5.12. The molecule has 0 N–H and O–H groups in total. The first-order valence-electron chi connectivity index (χ1n) is 5.57. The highest BCUT2D eigenvalue weighted by atomic mass is 32.1. The first-order valence-corrected chi connectivity index (χ1v) is 6.45. The fraction of sp³-hybridized carbons (Fsp3) is 0.308. The molecule has 1 aromatic carbocycles. The highest BCUT2D eigenvalue weighted by molar-refractivity contribution is 7.07. The summed E-state index contributed by atoms with van der Waals surface area (Å²) in [5.74, 6) is 0.951. The molecule has 16 heavy (non-hydrogen) atoms. The van der Waals surface area contributed by atoms with Crippen molar-refractivity contribution in [3.8, 4) is 11.3 Å². The Morgan fingerprint density at radius 2 is 1.81 bits per heavy atom. The number of benzene rings is 1. The summed E-state index contributed by atoms with van der Waals surface area (Å²) < 4.78 is 8.08. The molecule has 0 bridgehead atoms. The van der Waals surface area contributed by atoms with Crippen molar-refractivity contribution in [2.75, 3.05) is 13.1 Å². The predicted molar refractivity (Wildman–Crippen MR) is 68.4 cm³/mol. The summed E-state index contributed by atoms with van der Waals surface area (Å²) in [6.45, 7) is 6.24. The minimum atomic E-state index is 0.951. The molecule has 0 atom stereocenters. The fourth-order valence-corrected chi connectivity index (χ4v) is 2.53. The molecule has 1 aromatic heterocycles. The van der Waals surface area contributed by atoms with Gasteiger partial charge in [-0.1, -0.05) is 30.3 Å². The summed E-state index contributed by atoms with van der Waals surface area (Å²) >= 11 is 1.66. The molecule has 0 radical (unpaired) electrons. The van der Waals surface area contributed by atoms with E-state index in [1.807, 2.05) is 18.2 Å². The van der Waals surface area contributed by atoms with Crippen molar-refractivity contribution in [2.45, 2.75) is 13.8 Å². The maximum absolute atomic E-state index is 5.86. The van der Waals surface area contributed by atoms with Gasteiger partial charge in [0.25, 0.3) is 0 Å². The van der Waals surface area contributed by atoms with Crippen LogP contribution in [0.15, 0.2) is 40.1 Å². The zero-order valence-corrected chi connectivity index (χ0v) is 10.5. The Bertz CT molecular complexity index is 504. The van der Waals surface area contributed by atoms with Crippen molar-refractivity contribution < 1.29 is 4.42 Å². The molecular weight excluding hydrogens is 218 g/mol. The monoisotopic (exact) mass is 234 g/mol. The van der Waals surface area contributed by atoms with Crippen LogP contribution in [0.3, 0.4) is 0 Å². The van der Waals surface area contributed by atoms with Crippen LogP contribution >= 0.6 is 11.3 Å². The van der Waals surface area contributed by atoms with Gasteiger partial charge >= 0.3 is 4.87 Å². The van der Waals surface area contributed by atoms with E-state index < -0.39 is 0 Å². The van der Waals surface area contributed by atoms with Gasteiger partial charge in [0.05, 0.1) is 0 Å². The molecule has 2 aromatic rings. The first-order chi connectivity index (χ1) is 7.85. The third-order valence-corrected chi connectivity index (χ3v) is 3.42. The highest BCUT2D eigenvalue weighted by Gasteiger charge is 2.07. The van der Waals surface area contributed by atoms with E-state index in [4.69, 9.17) is 4.42 Å². The summed E-state index contributed by atoms with van der Waals surface area (Å²) in [7, 11) is 0. The molecule has 0 aliphatic rings. The summed E-state index contributed by atoms with van der Waals surface area (Å²) in [6, 6.07) is 10.2. The standard InChI is InChI=1S/C13H16NOS/c1-3-14(4-2)13-15-12(10-16-13)11-8-6-5-7-9-11/h5-10H,3-4H2,1-2H3/q+1. The molecule has 0 saturated carbocycles. The second-order valence-electron chi connectivity index (χ2n) is 3.51. The molecule has 2 nitrogen and oxygen atoms in total. The van der Waals surface area contributed by atoms with Crippen molar-refractivity contribution in [1.29, 1.82) is 0 Å². The molecule has 84 valence electrons. The van der Waals surface area contributed by atoms with Crippen LogP contribution in [0.2, 0.25) is 0 Å². The van der Waals surface area contributed by atoms with Crippen LogP contribution in [0.25, 0.3) is 11.3 Å². The van der Waals surface area contributed by atoms with Crippen LogP contribution in [0, 0.1) is 0 Å². The lowest BCUT2D eigenvalue weighted by atomic mass is 10.2. The van der Waals surface area contributed by atoms with Crippen molar-refractivity contribution >= 4 is 11.3 Å². The Hall–Kier alpha value is -1.35. The lowest BCUT2D eigenvalue weighted by Gasteiger charge is -1.93. The lowest BCUT2D eigenvalue weighted by Crippen LogP contribution is -2.26. The zero-order valence-electron chi connectivity index (χ0n) is 9.64. The average Bonchev–Trinajstić information content (AvgIpc) is 2.81. The van der Waals surface area contributed by atoms with E-state index in [-0.39, 0.29) is 0 Å². The molecule has 1 heterocycles. The third kappa shape index (κ3) is 2.25. The quantitative estimate of drug-likeness (QED) is 0.746. The molecule has 3 heteroatoms. The van der Waals surface area contributed by atoms with Crippen LogP contribution in [0.1, 0.15) is 13.8 Å². The molecule has 0 aliphatic heterocycles. The van der Waals surface area contributed by atoms with E-state index in [1.54, 1.807) is 11.3 Å². The molecular formula is C13H16NOS+. The van der Waals surface area contributed by atoms with Crippen molar-refractivity contribution in [3.05, 3.63) is 40.6 Å². The summed E-state index contributed by atoms with van der Waals surface area (Å²) in [6.07, 6.45) is 0. The molecule has 0 saturated heterocycles. The minimum Gasteiger partial charge on any atom is -0.396 e. The Labute approximate surface area is 99.5 Å². The third-order valence-electron chi connectivity index (χ3n) is 2.54. The topological polar surface area (TPSA) is 16.1 Å². The minimum absolute atomic E-state index is 0.951. The maximum atomic E-state index is 5.86. The molecule has 2 rings (SSSR count). The molecule has 0 fully saturated rings. The van der Waals surface area contributed by atoms with Gasteiger partial charge in [-0.2, -0.15) is 4.58 Å². The van der Waals surface area contributed by atoms with E-state index >= 15 is 0 Å². The molecule has 0 unspecified atom stereocenters. The largest absolute Gasteiger partial charge is 0.430 e. The van der Waals surface area contributed by atoms with E-state index in [1.165, 1.54) is 0 Å². The Morgan fingerprint density at radius 3 is 2.44 bits per heavy atom. The zero-order chi connectivity index (χ0) is 11.4. The Kier molecular flexibility index (Phi) is 3.57. The van der Waals surface area contributed by atoms with Gasteiger partial charge in [0.2, 0.25) is 0 Å². The van der Waals surface area contributed by atoms with Crippen LogP contribution in [-0.4, -0.2) is 13.1 Å².